The molecule has 9 nitrogen and oxygen atoms in total. The van der Waals surface area contributed by atoms with E-state index < -0.39 is 17.2 Å². The summed E-state index contributed by atoms with van der Waals surface area (Å²) in [5.74, 6) is 0.324. The first-order valence-corrected chi connectivity index (χ1v) is 10.1. The van der Waals surface area contributed by atoms with E-state index in [4.69, 9.17) is 15.2 Å². The third kappa shape index (κ3) is 4.51. The normalized spacial score (nSPS) is 10.6. The molecule has 0 aliphatic heterocycles. The number of aromatic amines is 1. The van der Waals surface area contributed by atoms with Gasteiger partial charge in [0.25, 0.3) is 11.5 Å². The van der Waals surface area contributed by atoms with Gasteiger partial charge in [-0.2, -0.15) is 0 Å². The van der Waals surface area contributed by atoms with Crippen LogP contribution in [0.2, 0.25) is 0 Å². The van der Waals surface area contributed by atoms with Crippen molar-refractivity contribution in [3.8, 4) is 11.5 Å². The second-order valence-electron chi connectivity index (χ2n) is 7.09. The summed E-state index contributed by atoms with van der Waals surface area (Å²) < 4.78 is 11.8. The third-order valence-electron chi connectivity index (χ3n) is 4.99. The van der Waals surface area contributed by atoms with Crippen molar-refractivity contribution in [2.45, 2.75) is 19.9 Å². The number of nitrogens with two attached hydrogens (primary N) is 1. The fraction of sp³-hybridized carbons (Fsp3) is 0.261. The number of nitrogen functional groups attached to an aromatic ring is 1. The van der Waals surface area contributed by atoms with Crippen molar-refractivity contribution < 1.29 is 14.3 Å². The number of H-pyrrole nitrogens is 1. The van der Waals surface area contributed by atoms with Gasteiger partial charge in [0.2, 0.25) is 0 Å². The van der Waals surface area contributed by atoms with Crippen molar-refractivity contribution >= 4 is 17.4 Å². The van der Waals surface area contributed by atoms with Crippen molar-refractivity contribution in [2.75, 3.05) is 31.4 Å². The highest BCUT2D eigenvalue weighted by molar-refractivity contribution is 6.07. The van der Waals surface area contributed by atoms with E-state index in [0.29, 0.717) is 17.9 Å². The number of hydrogen-bond donors (Lipinski definition) is 2. The first-order chi connectivity index (χ1) is 15.4. The highest BCUT2D eigenvalue weighted by Crippen LogP contribution is 2.29. The zero-order chi connectivity index (χ0) is 23.3. The summed E-state index contributed by atoms with van der Waals surface area (Å²) >= 11 is 0. The standard InChI is InChI=1S/C23H26N4O5/c1-4-12-26(22(29)16-10-11-17(31-2)18(13-16)32-3)19-20(24)27(23(30)25-21(19)28)14-15-8-6-5-7-9-15/h5-11,13H,4,12,14,24H2,1-3H3,(H,25,28,30). The van der Waals surface area contributed by atoms with Gasteiger partial charge in [0, 0.05) is 12.1 Å². The SMILES string of the molecule is CCCN(C(=O)c1ccc(OC)c(OC)c1)c1c(N)n(Cc2ccccc2)c(=O)[nH]c1=O. The molecule has 0 fully saturated rings. The maximum Gasteiger partial charge on any atom is 0.330 e. The second-order valence-corrected chi connectivity index (χ2v) is 7.09. The maximum absolute atomic E-state index is 13.4. The average molecular weight is 438 g/mol. The van der Waals surface area contributed by atoms with E-state index in [2.05, 4.69) is 4.98 Å². The Kier molecular flexibility index (Phi) is 6.99. The zero-order valence-electron chi connectivity index (χ0n) is 18.3. The van der Waals surface area contributed by atoms with Gasteiger partial charge in [-0.15, -0.1) is 0 Å². The Morgan fingerprint density at radius 1 is 1.06 bits per heavy atom. The van der Waals surface area contributed by atoms with E-state index >= 15 is 0 Å². The molecule has 1 heterocycles. The van der Waals surface area contributed by atoms with Gasteiger partial charge in [0.1, 0.15) is 5.82 Å². The molecule has 0 bridgehead atoms. The lowest BCUT2D eigenvalue weighted by Crippen LogP contribution is -2.41. The van der Waals surface area contributed by atoms with E-state index in [0.717, 1.165) is 5.56 Å². The number of amides is 1. The van der Waals surface area contributed by atoms with Gasteiger partial charge in [-0.25, -0.2) is 4.79 Å². The molecule has 3 N–H and O–H groups in total. The van der Waals surface area contributed by atoms with E-state index in [-0.39, 0.29) is 30.2 Å². The molecule has 1 amide bonds. The van der Waals surface area contributed by atoms with Crippen molar-refractivity contribution in [1.82, 2.24) is 9.55 Å². The number of hydrogen-bond acceptors (Lipinski definition) is 6. The monoisotopic (exact) mass is 438 g/mol. The molecule has 0 saturated carbocycles. The van der Waals surface area contributed by atoms with Crippen molar-refractivity contribution in [3.63, 3.8) is 0 Å². The molecule has 1 aromatic heterocycles. The van der Waals surface area contributed by atoms with Crippen LogP contribution in [-0.2, 0) is 6.54 Å². The minimum Gasteiger partial charge on any atom is -0.493 e. The molecule has 32 heavy (non-hydrogen) atoms. The highest BCUT2D eigenvalue weighted by Gasteiger charge is 2.25. The molecule has 0 atom stereocenters. The number of rotatable bonds is 8. The van der Waals surface area contributed by atoms with Crippen molar-refractivity contribution in [2.24, 2.45) is 0 Å². The van der Waals surface area contributed by atoms with Gasteiger partial charge in [-0.1, -0.05) is 37.3 Å². The Balaban J connectivity index is 2.10. The summed E-state index contributed by atoms with van der Waals surface area (Å²) in [4.78, 5) is 42.2. The van der Waals surface area contributed by atoms with Crippen LogP contribution in [-0.4, -0.2) is 36.2 Å². The lowest BCUT2D eigenvalue weighted by Gasteiger charge is -2.24. The Labute approximate surface area is 185 Å². The Hall–Kier alpha value is -4.01. The zero-order valence-corrected chi connectivity index (χ0v) is 18.3. The first-order valence-electron chi connectivity index (χ1n) is 10.1. The topological polar surface area (TPSA) is 120 Å². The molecule has 0 spiro atoms. The van der Waals surface area contributed by atoms with E-state index in [1.807, 2.05) is 37.3 Å². The molecule has 0 aliphatic carbocycles. The van der Waals surface area contributed by atoms with Gasteiger partial charge in [0.15, 0.2) is 17.2 Å². The van der Waals surface area contributed by atoms with Crippen molar-refractivity contribution in [3.05, 3.63) is 80.5 Å². The van der Waals surface area contributed by atoms with E-state index in [1.54, 1.807) is 12.1 Å². The van der Waals surface area contributed by atoms with Crippen molar-refractivity contribution in [1.29, 1.82) is 0 Å². The number of nitrogens with zero attached hydrogens (tertiary/aromatic N) is 2. The molecular weight excluding hydrogens is 412 g/mol. The average Bonchev–Trinajstić information content (AvgIpc) is 2.80. The summed E-state index contributed by atoms with van der Waals surface area (Å²) in [5.41, 5.74) is 5.97. The second kappa shape index (κ2) is 9.86. The van der Waals surface area contributed by atoms with Crippen LogP contribution in [0.25, 0.3) is 0 Å². The summed E-state index contributed by atoms with van der Waals surface area (Å²) in [7, 11) is 2.97. The lowest BCUT2D eigenvalue weighted by molar-refractivity contribution is 0.0986. The summed E-state index contributed by atoms with van der Waals surface area (Å²) in [6.07, 6.45) is 0.565. The van der Waals surface area contributed by atoms with Crippen LogP contribution in [0.4, 0.5) is 11.5 Å². The summed E-state index contributed by atoms with van der Waals surface area (Å²) in [6.45, 7) is 2.25. The number of methoxy groups -OCH3 is 2. The first kappa shape index (κ1) is 22.7. The molecule has 3 aromatic rings. The fourth-order valence-electron chi connectivity index (χ4n) is 3.42. The minimum atomic E-state index is -0.723. The number of aromatic nitrogens is 2. The number of carbonyl (C=O) groups excluding carboxylic acids is 1. The molecule has 9 heteroatoms. The maximum atomic E-state index is 13.4. The lowest BCUT2D eigenvalue weighted by atomic mass is 10.1. The molecule has 3 rings (SSSR count). The van der Waals surface area contributed by atoms with Crippen LogP contribution in [0, 0.1) is 0 Å². The molecule has 168 valence electrons. The predicted octanol–water partition coefficient (Wildman–Crippen LogP) is 2.24. The minimum absolute atomic E-state index is 0.0674. The summed E-state index contributed by atoms with van der Waals surface area (Å²) in [5, 5.41) is 0. The molecule has 0 unspecified atom stereocenters. The summed E-state index contributed by atoms with van der Waals surface area (Å²) in [6, 6.07) is 14.0. The molecule has 0 aliphatic rings. The van der Waals surface area contributed by atoms with Gasteiger partial charge in [-0.3, -0.25) is 19.1 Å². The predicted molar refractivity (Wildman–Crippen MR) is 123 cm³/mol. The van der Waals surface area contributed by atoms with Crippen LogP contribution >= 0.6 is 0 Å². The van der Waals surface area contributed by atoms with Gasteiger partial charge >= 0.3 is 5.69 Å². The number of ether oxygens (including phenoxy) is 2. The van der Waals surface area contributed by atoms with Gasteiger partial charge in [-0.05, 0) is 30.2 Å². The Bertz CT molecular complexity index is 1220. The third-order valence-corrected chi connectivity index (χ3v) is 4.99. The molecule has 2 aromatic carbocycles. The van der Waals surface area contributed by atoms with Gasteiger partial charge in [0.05, 0.1) is 20.8 Å². The number of carbonyl (C=O) groups is 1. The Morgan fingerprint density at radius 3 is 2.38 bits per heavy atom. The van der Waals surface area contributed by atoms with Gasteiger partial charge < -0.3 is 20.1 Å². The fourth-order valence-corrected chi connectivity index (χ4v) is 3.42. The number of nitrogens with one attached hydrogen (secondary N) is 1. The van der Waals surface area contributed by atoms with Crippen LogP contribution in [0.15, 0.2) is 58.1 Å². The molecule has 0 saturated heterocycles. The smallest absolute Gasteiger partial charge is 0.330 e. The number of anilines is 2. The van der Waals surface area contributed by atoms with Crippen LogP contribution < -0.4 is 31.4 Å². The van der Waals surface area contributed by atoms with E-state index in [9.17, 15) is 14.4 Å². The van der Waals surface area contributed by atoms with Crippen LogP contribution in [0.3, 0.4) is 0 Å². The molecular formula is C23H26N4O5. The quantitative estimate of drug-likeness (QED) is 0.557. The largest absolute Gasteiger partial charge is 0.493 e. The molecule has 0 radical (unpaired) electrons. The highest BCUT2D eigenvalue weighted by atomic mass is 16.5. The Morgan fingerprint density at radius 2 is 1.75 bits per heavy atom. The van der Waals surface area contributed by atoms with Crippen LogP contribution in [0.5, 0.6) is 11.5 Å². The van der Waals surface area contributed by atoms with E-state index in [1.165, 1.54) is 29.8 Å². The number of benzene rings is 2. The van der Waals surface area contributed by atoms with Crippen LogP contribution in [0.1, 0.15) is 29.3 Å².